The van der Waals surface area contributed by atoms with Crippen LogP contribution in [0.15, 0.2) is 46.7 Å². The second-order valence-corrected chi connectivity index (χ2v) is 5.88. The molecule has 0 radical (unpaired) electrons. The lowest BCUT2D eigenvalue weighted by atomic mass is 10.3. The van der Waals surface area contributed by atoms with Gasteiger partial charge in [-0.15, -0.1) is 23.1 Å². The first-order valence-corrected chi connectivity index (χ1v) is 7.46. The summed E-state index contributed by atoms with van der Waals surface area (Å²) in [6.45, 7) is 0.626. The molecule has 0 unspecified atom stereocenters. The number of thiophene rings is 1. The van der Waals surface area contributed by atoms with Gasteiger partial charge >= 0.3 is 6.18 Å². The van der Waals surface area contributed by atoms with Crippen LogP contribution in [0, 0.1) is 0 Å². The Labute approximate surface area is 117 Å². The van der Waals surface area contributed by atoms with Gasteiger partial charge in [0.1, 0.15) is 0 Å². The van der Waals surface area contributed by atoms with Crippen molar-refractivity contribution < 1.29 is 13.2 Å². The third-order valence-corrected chi connectivity index (χ3v) is 4.33. The highest BCUT2D eigenvalue weighted by atomic mass is 32.2. The van der Waals surface area contributed by atoms with Gasteiger partial charge in [0.25, 0.3) is 0 Å². The summed E-state index contributed by atoms with van der Waals surface area (Å²) in [6.07, 6.45) is -4.15. The molecular formula is C13H12F3NS2. The highest BCUT2D eigenvalue weighted by molar-refractivity contribution is 7.99. The summed E-state index contributed by atoms with van der Waals surface area (Å²) in [5.74, 6) is -0.870. The van der Waals surface area contributed by atoms with Gasteiger partial charge in [0.15, 0.2) is 0 Å². The minimum absolute atomic E-state index is 0.622. The average molecular weight is 303 g/mol. The van der Waals surface area contributed by atoms with Gasteiger partial charge < -0.3 is 5.32 Å². The van der Waals surface area contributed by atoms with Crippen molar-refractivity contribution >= 4 is 28.8 Å². The molecule has 1 aromatic heterocycles. The van der Waals surface area contributed by atoms with Crippen molar-refractivity contribution in [1.29, 1.82) is 0 Å². The van der Waals surface area contributed by atoms with Crippen molar-refractivity contribution in [2.75, 3.05) is 11.1 Å². The van der Waals surface area contributed by atoms with E-state index in [-0.39, 0.29) is 0 Å². The molecule has 0 atom stereocenters. The van der Waals surface area contributed by atoms with Crippen molar-refractivity contribution in [2.24, 2.45) is 0 Å². The number of benzene rings is 1. The Morgan fingerprint density at radius 1 is 1.11 bits per heavy atom. The first kappa shape index (κ1) is 14.3. The molecule has 1 aromatic carbocycles. The summed E-state index contributed by atoms with van der Waals surface area (Å²) in [5, 5.41) is 5.15. The normalized spacial score (nSPS) is 11.5. The first-order chi connectivity index (χ1) is 9.04. The number of para-hydroxylation sites is 1. The number of rotatable bonds is 5. The fourth-order valence-corrected chi connectivity index (χ4v) is 2.93. The molecule has 0 saturated carbocycles. The zero-order chi connectivity index (χ0) is 13.7. The highest BCUT2D eigenvalue weighted by Crippen LogP contribution is 2.32. The smallest absolute Gasteiger partial charge is 0.379 e. The van der Waals surface area contributed by atoms with Gasteiger partial charge in [-0.05, 0) is 23.6 Å². The molecule has 6 heteroatoms. The lowest BCUT2D eigenvalue weighted by molar-refractivity contribution is -0.105. The molecule has 0 aliphatic rings. The third kappa shape index (κ3) is 4.80. The molecule has 2 aromatic rings. The van der Waals surface area contributed by atoms with Crippen LogP contribution >= 0.6 is 23.1 Å². The Kier molecular flexibility index (Phi) is 4.76. The third-order valence-electron chi connectivity index (χ3n) is 2.31. The number of thioether (sulfide) groups is 1. The lowest BCUT2D eigenvalue weighted by Crippen LogP contribution is -2.10. The maximum absolute atomic E-state index is 12.2. The zero-order valence-corrected chi connectivity index (χ0v) is 11.5. The molecule has 0 spiro atoms. The van der Waals surface area contributed by atoms with Gasteiger partial charge in [-0.2, -0.15) is 13.2 Å². The summed E-state index contributed by atoms with van der Waals surface area (Å²) in [4.78, 5) is 1.77. The van der Waals surface area contributed by atoms with Crippen molar-refractivity contribution in [1.82, 2.24) is 0 Å². The van der Waals surface area contributed by atoms with E-state index in [2.05, 4.69) is 5.32 Å². The van der Waals surface area contributed by atoms with E-state index >= 15 is 0 Å². The fourth-order valence-electron chi connectivity index (χ4n) is 1.49. The van der Waals surface area contributed by atoms with Crippen LogP contribution in [0.4, 0.5) is 18.9 Å². The summed E-state index contributed by atoms with van der Waals surface area (Å²) in [7, 11) is 0. The molecule has 0 aliphatic carbocycles. The number of nitrogens with one attached hydrogen (secondary N) is 1. The van der Waals surface area contributed by atoms with Crippen LogP contribution in [0.3, 0.4) is 0 Å². The predicted molar refractivity (Wildman–Crippen MR) is 74.9 cm³/mol. The number of anilines is 1. The molecule has 0 fully saturated rings. The lowest BCUT2D eigenvalue weighted by Gasteiger charge is -2.12. The van der Waals surface area contributed by atoms with E-state index in [0.29, 0.717) is 11.4 Å². The van der Waals surface area contributed by atoms with Gasteiger partial charge in [-0.3, -0.25) is 0 Å². The monoisotopic (exact) mass is 303 g/mol. The van der Waals surface area contributed by atoms with E-state index in [4.69, 9.17) is 0 Å². The molecule has 2 rings (SSSR count). The summed E-state index contributed by atoms with van der Waals surface area (Å²) < 4.78 is 36.7. The van der Waals surface area contributed by atoms with Crippen LogP contribution in [0.25, 0.3) is 0 Å². The molecule has 1 nitrogen and oxygen atoms in total. The van der Waals surface area contributed by atoms with E-state index in [1.165, 1.54) is 0 Å². The van der Waals surface area contributed by atoms with Gasteiger partial charge in [0.05, 0.1) is 5.75 Å². The quantitative estimate of drug-likeness (QED) is 0.779. The van der Waals surface area contributed by atoms with Crippen LogP contribution in [-0.4, -0.2) is 11.9 Å². The maximum atomic E-state index is 12.2. The van der Waals surface area contributed by atoms with E-state index in [1.807, 2.05) is 23.6 Å². The van der Waals surface area contributed by atoms with Gasteiger partial charge in [0, 0.05) is 22.0 Å². The highest BCUT2D eigenvalue weighted by Gasteiger charge is 2.27. The Morgan fingerprint density at radius 2 is 1.89 bits per heavy atom. The Balaban J connectivity index is 1.99. The minimum atomic E-state index is -4.15. The Morgan fingerprint density at radius 3 is 2.58 bits per heavy atom. The van der Waals surface area contributed by atoms with Crippen molar-refractivity contribution in [3.63, 3.8) is 0 Å². The summed E-state index contributed by atoms with van der Waals surface area (Å²) in [5.41, 5.74) is 0.741. The topological polar surface area (TPSA) is 12.0 Å². The molecule has 0 amide bonds. The summed E-state index contributed by atoms with van der Waals surface area (Å²) in [6, 6.07) is 11.0. The van der Waals surface area contributed by atoms with Crippen LogP contribution in [-0.2, 0) is 6.54 Å². The Bertz CT molecular complexity index is 509. The number of halogens is 3. The van der Waals surface area contributed by atoms with Gasteiger partial charge in [-0.25, -0.2) is 0 Å². The molecule has 0 bridgehead atoms. The number of alkyl halides is 3. The van der Waals surface area contributed by atoms with Crippen LogP contribution < -0.4 is 5.32 Å². The van der Waals surface area contributed by atoms with Crippen molar-refractivity contribution in [3.05, 3.63) is 46.7 Å². The van der Waals surface area contributed by atoms with E-state index in [1.54, 1.807) is 29.5 Å². The van der Waals surface area contributed by atoms with Gasteiger partial charge in [0.2, 0.25) is 0 Å². The standard InChI is InChI=1S/C13H12F3NS2/c14-13(15,16)9-19-12-6-2-1-5-11(12)17-8-10-4-3-7-18-10/h1-7,17H,8-9H2. The zero-order valence-electron chi connectivity index (χ0n) is 9.91. The maximum Gasteiger partial charge on any atom is 0.398 e. The predicted octanol–water partition coefficient (Wildman–Crippen LogP) is 5.01. The van der Waals surface area contributed by atoms with E-state index in [9.17, 15) is 13.2 Å². The van der Waals surface area contributed by atoms with Crippen LogP contribution in [0.2, 0.25) is 0 Å². The summed E-state index contributed by atoms with van der Waals surface area (Å²) >= 11 is 2.42. The first-order valence-electron chi connectivity index (χ1n) is 5.59. The molecule has 1 heterocycles. The second-order valence-electron chi connectivity index (χ2n) is 3.83. The van der Waals surface area contributed by atoms with Crippen molar-refractivity contribution in [3.8, 4) is 0 Å². The SMILES string of the molecule is FC(F)(F)CSc1ccccc1NCc1cccs1. The number of hydrogen-bond donors (Lipinski definition) is 1. The Hall–Kier alpha value is -1.14. The van der Waals surface area contributed by atoms with E-state index < -0.39 is 11.9 Å². The fraction of sp³-hybridized carbons (Fsp3) is 0.231. The average Bonchev–Trinajstić information content (AvgIpc) is 2.87. The minimum Gasteiger partial charge on any atom is -0.379 e. The van der Waals surface area contributed by atoms with Crippen molar-refractivity contribution in [2.45, 2.75) is 17.6 Å². The van der Waals surface area contributed by atoms with Crippen LogP contribution in [0.1, 0.15) is 4.88 Å². The molecule has 0 saturated heterocycles. The molecule has 19 heavy (non-hydrogen) atoms. The number of hydrogen-bond acceptors (Lipinski definition) is 3. The molecule has 102 valence electrons. The largest absolute Gasteiger partial charge is 0.398 e. The second kappa shape index (κ2) is 6.34. The molecule has 1 N–H and O–H groups in total. The molecular weight excluding hydrogens is 291 g/mol. The van der Waals surface area contributed by atoms with Gasteiger partial charge in [-0.1, -0.05) is 18.2 Å². The van der Waals surface area contributed by atoms with Crippen LogP contribution in [0.5, 0.6) is 0 Å². The van der Waals surface area contributed by atoms with E-state index in [0.717, 1.165) is 22.3 Å². The molecule has 0 aliphatic heterocycles.